The van der Waals surface area contributed by atoms with E-state index in [2.05, 4.69) is 5.32 Å². The van der Waals surface area contributed by atoms with Gasteiger partial charge in [-0.3, -0.25) is 0 Å². The van der Waals surface area contributed by atoms with E-state index in [-0.39, 0.29) is 17.9 Å². The zero-order valence-electron chi connectivity index (χ0n) is 9.54. The van der Waals surface area contributed by atoms with E-state index in [0.717, 1.165) is 0 Å². The zero-order chi connectivity index (χ0) is 12.3. The van der Waals surface area contributed by atoms with E-state index in [4.69, 9.17) is 4.74 Å². The molecule has 0 heterocycles. The highest BCUT2D eigenvalue weighted by Gasteiger charge is 2.20. The standard InChI is InChI=1S/C11H16FNO3/c1-6-4-7(8(14)5-13-2)9(12)10(15)11(6)16-3/h4,8,13-15H,5H2,1-3H3. The Bertz CT molecular complexity index is 382. The van der Waals surface area contributed by atoms with Gasteiger partial charge in [0.15, 0.2) is 17.3 Å². The average molecular weight is 229 g/mol. The van der Waals surface area contributed by atoms with Gasteiger partial charge in [0, 0.05) is 12.1 Å². The second kappa shape index (κ2) is 5.14. The Morgan fingerprint density at radius 3 is 2.69 bits per heavy atom. The van der Waals surface area contributed by atoms with Crippen molar-refractivity contribution >= 4 is 0 Å². The van der Waals surface area contributed by atoms with Crippen LogP contribution in [0.4, 0.5) is 4.39 Å². The van der Waals surface area contributed by atoms with E-state index in [1.807, 2.05) is 0 Å². The van der Waals surface area contributed by atoms with Crippen LogP contribution in [0.3, 0.4) is 0 Å². The molecule has 0 aromatic heterocycles. The maximum atomic E-state index is 13.7. The topological polar surface area (TPSA) is 61.7 Å². The van der Waals surface area contributed by atoms with Crippen LogP contribution in [-0.2, 0) is 0 Å². The van der Waals surface area contributed by atoms with Crippen molar-refractivity contribution in [2.45, 2.75) is 13.0 Å². The zero-order valence-corrected chi connectivity index (χ0v) is 9.54. The molecule has 0 spiro atoms. The van der Waals surface area contributed by atoms with Gasteiger partial charge in [0.1, 0.15) is 0 Å². The fourth-order valence-corrected chi connectivity index (χ4v) is 1.59. The van der Waals surface area contributed by atoms with Gasteiger partial charge in [0.25, 0.3) is 0 Å². The molecule has 16 heavy (non-hydrogen) atoms. The van der Waals surface area contributed by atoms with E-state index in [0.29, 0.717) is 5.56 Å². The first-order chi connectivity index (χ1) is 7.52. The average Bonchev–Trinajstić information content (AvgIpc) is 2.24. The van der Waals surface area contributed by atoms with Gasteiger partial charge in [-0.15, -0.1) is 0 Å². The predicted molar refractivity (Wildman–Crippen MR) is 58.2 cm³/mol. The second-order valence-corrected chi connectivity index (χ2v) is 3.55. The summed E-state index contributed by atoms with van der Waals surface area (Å²) in [6.07, 6.45) is -1.000. The molecule has 0 aliphatic rings. The van der Waals surface area contributed by atoms with E-state index >= 15 is 0 Å². The molecule has 0 aliphatic heterocycles. The lowest BCUT2D eigenvalue weighted by molar-refractivity contribution is 0.171. The van der Waals surface area contributed by atoms with Crippen LogP contribution < -0.4 is 10.1 Å². The van der Waals surface area contributed by atoms with Gasteiger partial charge in [0.2, 0.25) is 0 Å². The minimum absolute atomic E-state index is 0.0603. The van der Waals surface area contributed by atoms with Crippen LogP contribution >= 0.6 is 0 Å². The third kappa shape index (κ3) is 2.25. The fraction of sp³-hybridized carbons (Fsp3) is 0.455. The molecule has 4 nitrogen and oxygen atoms in total. The molecule has 0 bridgehead atoms. The quantitative estimate of drug-likeness (QED) is 0.723. The minimum Gasteiger partial charge on any atom is -0.502 e. The third-order valence-corrected chi connectivity index (χ3v) is 2.37. The van der Waals surface area contributed by atoms with E-state index in [1.165, 1.54) is 13.2 Å². The number of benzene rings is 1. The van der Waals surface area contributed by atoms with Gasteiger partial charge in [-0.25, -0.2) is 4.39 Å². The van der Waals surface area contributed by atoms with Gasteiger partial charge in [-0.05, 0) is 25.6 Å². The van der Waals surface area contributed by atoms with Crippen molar-refractivity contribution in [2.75, 3.05) is 20.7 Å². The van der Waals surface area contributed by atoms with Crippen LogP contribution in [0.25, 0.3) is 0 Å². The van der Waals surface area contributed by atoms with Crippen molar-refractivity contribution < 1.29 is 19.3 Å². The predicted octanol–water partition coefficient (Wildman–Crippen LogP) is 1.10. The van der Waals surface area contributed by atoms with Crippen LogP contribution in [-0.4, -0.2) is 30.9 Å². The Labute approximate surface area is 93.7 Å². The summed E-state index contributed by atoms with van der Waals surface area (Å²) in [6.45, 7) is 1.88. The van der Waals surface area contributed by atoms with Crippen molar-refractivity contribution in [1.29, 1.82) is 0 Å². The third-order valence-electron chi connectivity index (χ3n) is 2.37. The van der Waals surface area contributed by atoms with Crippen LogP contribution in [0.2, 0.25) is 0 Å². The monoisotopic (exact) mass is 229 g/mol. The number of phenolic OH excluding ortho intramolecular Hbond substituents is 1. The molecule has 1 atom stereocenters. The summed E-state index contributed by atoms with van der Waals surface area (Å²) in [6, 6.07) is 1.47. The summed E-state index contributed by atoms with van der Waals surface area (Å²) < 4.78 is 18.5. The van der Waals surface area contributed by atoms with Crippen molar-refractivity contribution in [3.05, 3.63) is 23.0 Å². The molecule has 5 heteroatoms. The number of nitrogens with one attached hydrogen (secondary N) is 1. The molecular formula is C11H16FNO3. The van der Waals surface area contributed by atoms with E-state index < -0.39 is 17.7 Å². The van der Waals surface area contributed by atoms with Crippen molar-refractivity contribution in [1.82, 2.24) is 5.32 Å². The number of hydrogen-bond acceptors (Lipinski definition) is 4. The van der Waals surface area contributed by atoms with Gasteiger partial charge in [-0.1, -0.05) is 0 Å². The Morgan fingerprint density at radius 2 is 2.19 bits per heavy atom. The summed E-state index contributed by atoms with van der Waals surface area (Å²) in [5.74, 6) is -1.31. The molecule has 1 aromatic carbocycles. The molecular weight excluding hydrogens is 213 g/mol. The van der Waals surface area contributed by atoms with Crippen molar-refractivity contribution in [2.24, 2.45) is 0 Å². The molecule has 0 fully saturated rings. The minimum atomic E-state index is -1.000. The number of hydrogen-bond donors (Lipinski definition) is 3. The largest absolute Gasteiger partial charge is 0.502 e. The Kier molecular flexibility index (Phi) is 4.09. The number of aliphatic hydroxyl groups is 1. The second-order valence-electron chi connectivity index (χ2n) is 3.55. The normalized spacial score (nSPS) is 12.6. The van der Waals surface area contributed by atoms with Crippen molar-refractivity contribution in [3.63, 3.8) is 0 Å². The smallest absolute Gasteiger partial charge is 0.194 e. The van der Waals surface area contributed by atoms with Gasteiger partial charge in [-0.2, -0.15) is 0 Å². The summed E-state index contributed by atoms with van der Waals surface area (Å²) in [4.78, 5) is 0. The molecule has 0 amide bonds. The Balaban J connectivity index is 3.22. The number of rotatable bonds is 4. The molecule has 0 saturated carbocycles. The Hall–Kier alpha value is -1.33. The molecule has 3 N–H and O–H groups in total. The molecule has 1 unspecified atom stereocenters. The number of aliphatic hydroxyl groups excluding tert-OH is 1. The molecule has 0 saturated heterocycles. The van der Waals surface area contributed by atoms with Crippen LogP contribution in [0.15, 0.2) is 6.07 Å². The first-order valence-corrected chi connectivity index (χ1v) is 4.91. The highest BCUT2D eigenvalue weighted by molar-refractivity contribution is 5.49. The summed E-state index contributed by atoms with van der Waals surface area (Å²) in [7, 11) is 3.00. The summed E-state index contributed by atoms with van der Waals surface area (Å²) in [5, 5.41) is 21.9. The first kappa shape index (κ1) is 12.7. The molecule has 1 aromatic rings. The maximum Gasteiger partial charge on any atom is 0.194 e. The molecule has 90 valence electrons. The lowest BCUT2D eigenvalue weighted by Crippen LogP contribution is -2.18. The van der Waals surface area contributed by atoms with Gasteiger partial charge >= 0.3 is 0 Å². The lowest BCUT2D eigenvalue weighted by Gasteiger charge is -2.15. The number of aryl methyl sites for hydroxylation is 1. The number of likely N-dealkylation sites (N-methyl/N-ethyl adjacent to an activating group) is 1. The van der Waals surface area contributed by atoms with Gasteiger partial charge in [0.05, 0.1) is 13.2 Å². The van der Waals surface area contributed by atoms with E-state index in [9.17, 15) is 14.6 Å². The summed E-state index contributed by atoms with van der Waals surface area (Å²) in [5.41, 5.74) is 0.636. The fourth-order valence-electron chi connectivity index (χ4n) is 1.59. The van der Waals surface area contributed by atoms with E-state index in [1.54, 1.807) is 14.0 Å². The Morgan fingerprint density at radius 1 is 1.56 bits per heavy atom. The number of phenols is 1. The number of halogens is 1. The first-order valence-electron chi connectivity index (χ1n) is 4.91. The highest BCUT2D eigenvalue weighted by Crippen LogP contribution is 2.36. The SMILES string of the molecule is CNCC(O)c1cc(C)c(OC)c(O)c1F. The summed E-state index contributed by atoms with van der Waals surface area (Å²) >= 11 is 0. The number of methoxy groups -OCH3 is 1. The van der Waals surface area contributed by atoms with Crippen LogP contribution in [0.5, 0.6) is 11.5 Å². The lowest BCUT2D eigenvalue weighted by atomic mass is 10.0. The number of aromatic hydroxyl groups is 1. The van der Waals surface area contributed by atoms with Gasteiger partial charge < -0.3 is 20.3 Å². The molecule has 1 rings (SSSR count). The maximum absolute atomic E-state index is 13.7. The highest BCUT2D eigenvalue weighted by atomic mass is 19.1. The molecule has 0 aliphatic carbocycles. The van der Waals surface area contributed by atoms with Crippen molar-refractivity contribution in [3.8, 4) is 11.5 Å². The van der Waals surface area contributed by atoms with Crippen LogP contribution in [0.1, 0.15) is 17.2 Å². The number of ether oxygens (including phenoxy) is 1. The molecule has 0 radical (unpaired) electrons. The van der Waals surface area contributed by atoms with Crippen LogP contribution in [0, 0.1) is 12.7 Å².